The number of hydrogen-bond donors (Lipinski definition) is 1. The molecule has 11 nitrogen and oxygen atoms in total. The van der Waals surface area contributed by atoms with Crippen molar-refractivity contribution in [1.82, 2.24) is 9.88 Å². The van der Waals surface area contributed by atoms with Crippen LogP contribution >= 0.6 is 11.3 Å². The number of ether oxygens (including phenoxy) is 1. The number of anilines is 1. The molecule has 0 saturated carbocycles. The number of hydrogen-bond acceptors (Lipinski definition) is 9. The van der Waals surface area contributed by atoms with E-state index in [-0.39, 0.29) is 9.83 Å². The summed E-state index contributed by atoms with van der Waals surface area (Å²) in [6.07, 6.45) is 0.750. The molecule has 0 unspecified atom stereocenters. The van der Waals surface area contributed by atoms with Crippen molar-refractivity contribution in [2.24, 2.45) is 0 Å². The molecular weight excluding hydrogens is 461 g/mol. The fourth-order valence-corrected chi connectivity index (χ4v) is 2.83. The van der Waals surface area contributed by atoms with Crippen molar-refractivity contribution in [2.45, 2.75) is 0 Å². The second kappa shape index (κ2) is 10.3. The number of thiazole rings is 1. The summed E-state index contributed by atoms with van der Waals surface area (Å²) in [4.78, 5) is 47.5. The van der Waals surface area contributed by atoms with Gasteiger partial charge in [-0.1, -0.05) is 11.3 Å². The summed E-state index contributed by atoms with van der Waals surface area (Å²) < 4.78 is 49.1. The quantitative estimate of drug-likeness (QED) is 0.189. The fourth-order valence-electron chi connectivity index (χ4n) is 1.92. The predicted molar refractivity (Wildman–Crippen MR) is 104 cm³/mol. The zero-order valence-electron chi connectivity index (χ0n) is 16.3. The lowest BCUT2D eigenvalue weighted by Gasteiger charge is -2.02. The molecule has 0 aliphatic heterocycles. The first kappa shape index (κ1) is 24.3. The number of amides is 2. The van der Waals surface area contributed by atoms with Gasteiger partial charge in [0.25, 0.3) is 5.91 Å². The number of halogens is 3. The van der Waals surface area contributed by atoms with Gasteiger partial charge >= 0.3 is 11.9 Å². The second-order valence-corrected chi connectivity index (χ2v) is 6.97. The molecule has 32 heavy (non-hydrogen) atoms. The molecule has 1 N–H and O–H groups in total. The van der Waals surface area contributed by atoms with Crippen molar-refractivity contribution < 1.29 is 41.6 Å². The minimum Gasteiger partial charge on any atom is -0.450 e. The van der Waals surface area contributed by atoms with Crippen LogP contribution in [0.2, 0.25) is 0 Å². The van der Waals surface area contributed by atoms with E-state index in [1.54, 1.807) is 14.1 Å². The lowest BCUT2D eigenvalue weighted by Crippen LogP contribution is -2.20. The topological polar surface area (TPSA) is 145 Å². The van der Waals surface area contributed by atoms with Gasteiger partial charge in [-0.05, 0) is 12.1 Å². The maximum Gasteiger partial charge on any atom is 0.433 e. The van der Waals surface area contributed by atoms with E-state index >= 15 is 0 Å². The van der Waals surface area contributed by atoms with Crippen LogP contribution in [0.3, 0.4) is 0 Å². The predicted octanol–water partition coefficient (Wildman–Crippen LogP) is 2.71. The van der Waals surface area contributed by atoms with Gasteiger partial charge in [0.05, 0.1) is 10.8 Å². The molecule has 0 atom stereocenters. The van der Waals surface area contributed by atoms with Crippen LogP contribution in [0.15, 0.2) is 22.6 Å². The van der Waals surface area contributed by atoms with Crippen molar-refractivity contribution in [2.75, 3.05) is 26.0 Å². The maximum atomic E-state index is 13.6. The Balaban J connectivity index is 0.000000654. The number of nitrogens with zero attached hydrogens (tertiary/aromatic N) is 3. The van der Waals surface area contributed by atoms with E-state index in [0.29, 0.717) is 11.3 Å². The summed E-state index contributed by atoms with van der Waals surface area (Å²) in [6, 6.07) is 2.66. The molecule has 0 saturated heterocycles. The number of carbonyl (C=O) groups excluding carboxylic acids is 3. The first-order valence-corrected chi connectivity index (χ1v) is 9.12. The molecule has 170 valence electrons. The number of nitro groups is 1. The summed E-state index contributed by atoms with van der Waals surface area (Å²) in [5.74, 6) is -7.75. The average molecular weight is 474 g/mol. The zero-order valence-corrected chi connectivity index (χ0v) is 17.1. The number of esters is 1. The molecule has 0 bridgehead atoms. The van der Waals surface area contributed by atoms with Gasteiger partial charge < -0.3 is 14.1 Å². The van der Waals surface area contributed by atoms with Crippen LogP contribution in [0.1, 0.15) is 10.6 Å². The molecule has 0 aliphatic rings. The third-order valence-corrected chi connectivity index (χ3v) is 4.20. The van der Waals surface area contributed by atoms with Crippen molar-refractivity contribution in [3.8, 4) is 0 Å². The van der Waals surface area contributed by atoms with Gasteiger partial charge in [-0.3, -0.25) is 25.0 Å². The monoisotopic (exact) mass is 474 g/mol. The van der Waals surface area contributed by atoms with Gasteiger partial charge in [-0.15, -0.1) is 0 Å². The van der Waals surface area contributed by atoms with Crippen LogP contribution in [0.4, 0.5) is 24.2 Å². The largest absolute Gasteiger partial charge is 0.450 e. The van der Waals surface area contributed by atoms with Crippen molar-refractivity contribution in [3.63, 3.8) is 0 Å². The van der Waals surface area contributed by atoms with E-state index in [0.717, 1.165) is 24.6 Å². The summed E-state index contributed by atoms with van der Waals surface area (Å²) in [7, 11) is 3.38. The van der Waals surface area contributed by atoms with Crippen molar-refractivity contribution >= 4 is 50.9 Å². The molecule has 0 aliphatic carbocycles. The van der Waals surface area contributed by atoms with Crippen LogP contribution in [-0.2, 0) is 14.3 Å². The Hall–Kier alpha value is -4.01. The normalized spacial score (nSPS) is 10.2. The number of benzene rings is 1. The third-order valence-electron chi connectivity index (χ3n) is 3.29. The van der Waals surface area contributed by atoms with Crippen molar-refractivity contribution in [3.05, 3.63) is 51.5 Å². The van der Waals surface area contributed by atoms with E-state index < -0.39 is 58.0 Å². The first-order valence-electron chi connectivity index (χ1n) is 8.30. The highest BCUT2D eigenvalue weighted by atomic mass is 32.1. The van der Waals surface area contributed by atoms with E-state index in [9.17, 15) is 37.7 Å². The van der Waals surface area contributed by atoms with Crippen molar-refractivity contribution in [1.29, 1.82) is 0 Å². The SMILES string of the molecule is CN(C)C=O.O=C(COC(=O)c1ccc([N+](=O)[O-])o1)Nc1nc2c(F)c(F)c(F)cc2s1. The van der Waals surface area contributed by atoms with Gasteiger partial charge in [0.15, 0.2) is 29.2 Å². The minimum absolute atomic E-state index is 0.0402. The van der Waals surface area contributed by atoms with E-state index in [1.807, 2.05) is 0 Å². The lowest BCUT2D eigenvalue weighted by molar-refractivity contribution is -0.402. The molecule has 3 aromatic rings. The van der Waals surface area contributed by atoms with Gasteiger partial charge in [0.1, 0.15) is 10.4 Å². The molecule has 0 radical (unpaired) electrons. The molecule has 1 aromatic carbocycles. The van der Waals surface area contributed by atoms with Gasteiger partial charge in [-0.25, -0.2) is 22.9 Å². The Morgan fingerprint density at radius 3 is 2.53 bits per heavy atom. The average Bonchev–Trinajstić information content (AvgIpc) is 3.38. The van der Waals surface area contributed by atoms with Crippen LogP contribution in [-0.4, -0.2) is 53.8 Å². The molecule has 0 spiro atoms. The van der Waals surface area contributed by atoms with E-state index in [1.165, 1.54) is 4.90 Å². The fraction of sp³-hybridized carbons (Fsp3) is 0.176. The molecule has 3 rings (SSSR count). The summed E-state index contributed by atoms with van der Waals surface area (Å²) in [5, 5.41) is 12.5. The third kappa shape index (κ3) is 6.00. The lowest BCUT2D eigenvalue weighted by atomic mass is 10.3. The summed E-state index contributed by atoms with van der Waals surface area (Å²) in [6.45, 7) is -0.811. The standard InChI is InChI=1S/C14H6F3N3O6S.C3H7NO/c15-5-3-7-12(11(17)10(5)16)19-14(27-7)18-8(21)4-25-13(22)6-1-2-9(26-6)20(23)24;1-4(2)3-5/h1-3H,4H2,(H,18,19,21);3H,1-2H3. The van der Waals surface area contributed by atoms with Crippen LogP contribution in [0, 0.1) is 27.6 Å². The molecule has 2 amide bonds. The number of fused-ring (bicyclic) bond motifs is 1. The molecular formula is C17H13F3N4O7S. The van der Waals surface area contributed by atoms with E-state index in [2.05, 4.69) is 19.5 Å². The Morgan fingerprint density at radius 2 is 1.97 bits per heavy atom. The van der Waals surface area contributed by atoms with Gasteiger partial charge in [0.2, 0.25) is 12.2 Å². The highest BCUT2D eigenvalue weighted by molar-refractivity contribution is 7.22. The molecule has 2 heterocycles. The smallest absolute Gasteiger partial charge is 0.433 e. The Bertz CT molecular complexity index is 1180. The minimum atomic E-state index is -1.69. The molecule has 0 fully saturated rings. The second-order valence-electron chi connectivity index (χ2n) is 5.94. The highest BCUT2D eigenvalue weighted by Gasteiger charge is 2.21. The van der Waals surface area contributed by atoms with Crippen LogP contribution in [0.25, 0.3) is 10.2 Å². The zero-order chi connectivity index (χ0) is 24.0. The number of carbonyl (C=O) groups is 3. The number of nitrogens with one attached hydrogen (secondary N) is 1. The Morgan fingerprint density at radius 1 is 1.31 bits per heavy atom. The number of furan rings is 1. The summed E-state index contributed by atoms with van der Waals surface area (Å²) in [5.41, 5.74) is -0.464. The Kier molecular flexibility index (Phi) is 7.84. The van der Waals surface area contributed by atoms with Gasteiger partial charge in [-0.2, -0.15) is 0 Å². The summed E-state index contributed by atoms with van der Waals surface area (Å²) >= 11 is 0.676. The maximum absolute atomic E-state index is 13.6. The molecule has 2 aromatic heterocycles. The molecule has 15 heteroatoms. The van der Waals surface area contributed by atoms with Gasteiger partial charge in [0, 0.05) is 14.1 Å². The number of aromatic nitrogens is 1. The van der Waals surface area contributed by atoms with E-state index in [4.69, 9.17) is 0 Å². The first-order chi connectivity index (χ1) is 15.0. The van der Waals surface area contributed by atoms with Crippen LogP contribution < -0.4 is 5.32 Å². The Labute approximate surface area is 180 Å². The number of rotatable bonds is 6. The highest BCUT2D eigenvalue weighted by Crippen LogP contribution is 2.30. The van der Waals surface area contributed by atoms with Crippen LogP contribution in [0.5, 0.6) is 0 Å².